The van der Waals surface area contributed by atoms with E-state index in [2.05, 4.69) is 15.3 Å². The monoisotopic (exact) mass is 284 g/mol. The molecule has 0 saturated carbocycles. The number of carbonyl (C=O) groups is 1. The van der Waals surface area contributed by atoms with Crippen LogP contribution in [0.15, 0.2) is 53.7 Å². The standard InChI is InChI=1S/C16H16N2O3/c1-12-7-6-10-14(18-15(19)11-17-20-2)16(12)21-13-8-4-3-5-9-13/h3-11H,1-2H3,(H,18,19)/b17-11+. The molecule has 2 aromatic rings. The predicted molar refractivity (Wildman–Crippen MR) is 81.8 cm³/mol. The minimum atomic E-state index is -0.389. The number of para-hydroxylation sites is 2. The van der Waals surface area contributed by atoms with E-state index in [1.165, 1.54) is 7.11 Å². The third-order valence-corrected chi connectivity index (χ3v) is 2.71. The van der Waals surface area contributed by atoms with Gasteiger partial charge >= 0.3 is 0 Å². The third-order valence-electron chi connectivity index (χ3n) is 2.71. The third kappa shape index (κ3) is 4.07. The second-order valence-electron chi connectivity index (χ2n) is 4.27. The highest BCUT2D eigenvalue weighted by Gasteiger charge is 2.10. The van der Waals surface area contributed by atoms with Crippen molar-refractivity contribution in [1.82, 2.24) is 0 Å². The van der Waals surface area contributed by atoms with Gasteiger partial charge in [-0.1, -0.05) is 35.5 Å². The molecule has 0 heterocycles. The first kappa shape index (κ1) is 14.6. The van der Waals surface area contributed by atoms with E-state index in [1.807, 2.05) is 49.4 Å². The molecule has 0 radical (unpaired) electrons. The van der Waals surface area contributed by atoms with Gasteiger partial charge in [0.25, 0.3) is 5.91 Å². The van der Waals surface area contributed by atoms with Gasteiger partial charge in [0.15, 0.2) is 5.75 Å². The maximum atomic E-state index is 11.7. The second-order valence-corrected chi connectivity index (χ2v) is 4.27. The van der Waals surface area contributed by atoms with Crippen LogP contribution in [0.4, 0.5) is 5.69 Å². The fourth-order valence-electron chi connectivity index (χ4n) is 1.76. The van der Waals surface area contributed by atoms with E-state index in [0.29, 0.717) is 17.2 Å². The quantitative estimate of drug-likeness (QED) is 0.676. The number of oxime groups is 1. The lowest BCUT2D eigenvalue weighted by atomic mass is 10.2. The summed E-state index contributed by atoms with van der Waals surface area (Å²) in [7, 11) is 1.38. The Kier molecular flexibility index (Phi) is 4.93. The molecule has 2 aromatic carbocycles. The zero-order chi connectivity index (χ0) is 15.1. The number of hydrogen-bond donors (Lipinski definition) is 1. The Morgan fingerprint density at radius 2 is 1.90 bits per heavy atom. The number of carbonyl (C=O) groups excluding carboxylic acids is 1. The fourth-order valence-corrected chi connectivity index (χ4v) is 1.76. The molecule has 1 amide bonds. The molecule has 21 heavy (non-hydrogen) atoms. The molecule has 0 fully saturated rings. The summed E-state index contributed by atoms with van der Waals surface area (Å²) in [5.41, 5.74) is 1.49. The first-order chi connectivity index (χ1) is 10.2. The Hall–Kier alpha value is -2.82. The van der Waals surface area contributed by atoms with Crippen LogP contribution < -0.4 is 10.1 Å². The molecule has 1 N–H and O–H groups in total. The Bertz CT molecular complexity index is 639. The second kappa shape index (κ2) is 7.09. The van der Waals surface area contributed by atoms with Crippen LogP contribution >= 0.6 is 0 Å². The van der Waals surface area contributed by atoms with Crippen molar-refractivity contribution in [2.45, 2.75) is 6.92 Å². The van der Waals surface area contributed by atoms with Gasteiger partial charge in [-0.2, -0.15) is 0 Å². The molecule has 5 nitrogen and oxygen atoms in total. The number of amides is 1. The molecule has 0 unspecified atom stereocenters. The number of hydrogen-bond acceptors (Lipinski definition) is 4. The number of aryl methyl sites for hydroxylation is 1. The smallest absolute Gasteiger partial charge is 0.270 e. The zero-order valence-corrected chi connectivity index (χ0v) is 11.9. The van der Waals surface area contributed by atoms with Crippen LogP contribution in [-0.2, 0) is 9.63 Å². The van der Waals surface area contributed by atoms with Crippen molar-refractivity contribution in [3.8, 4) is 11.5 Å². The maximum absolute atomic E-state index is 11.7. The van der Waals surface area contributed by atoms with Crippen LogP contribution in [0.25, 0.3) is 0 Å². The fraction of sp³-hybridized carbons (Fsp3) is 0.125. The average Bonchev–Trinajstić information content (AvgIpc) is 2.50. The largest absolute Gasteiger partial charge is 0.455 e. The van der Waals surface area contributed by atoms with Gasteiger partial charge < -0.3 is 14.9 Å². The van der Waals surface area contributed by atoms with E-state index in [-0.39, 0.29) is 5.91 Å². The van der Waals surface area contributed by atoms with Crippen LogP contribution in [0.5, 0.6) is 11.5 Å². The summed E-state index contributed by atoms with van der Waals surface area (Å²) in [6, 6.07) is 14.9. The van der Waals surface area contributed by atoms with E-state index in [1.54, 1.807) is 6.07 Å². The van der Waals surface area contributed by atoms with Gasteiger partial charge in [0, 0.05) is 0 Å². The molecular weight excluding hydrogens is 268 g/mol. The van der Waals surface area contributed by atoms with Gasteiger partial charge in [0.2, 0.25) is 0 Å². The van der Waals surface area contributed by atoms with Gasteiger partial charge in [-0.05, 0) is 30.7 Å². The number of benzene rings is 2. The Labute approximate surface area is 123 Å². The number of anilines is 1. The van der Waals surface area contributed by atoms with Crippen molar-refractivity contribution in [1.29, 1.82) is 0 Å². The normalized spacial score (nSPS) is 10.4. The van der Waals surface area contributed by atoms with Crippen molar-refractivity contribution >= 4 is 17.8 Å². The number of nitrogens with zero attached hydrogens (tertiary/aromatic N) is 1. The number of ether oxygens (including phenoxy) is 1. The van der Waals surface area contributed by atoms with Crippen molar-refractivity contribution in [2.24, 2.45) is 5.16 Å². The molecule has 5 heteroatoms. The molecule has 0 aliphatic heterocycles. The molecule has 0 saturated heterocycles. The molecular formula is C16H16N2O3. The van der Waals surface area contributed by atoms with Gasteiger partial charge in [-0.25, -0.2) is 0 Å². The van der Waals surface area contributed by atoms with Crippen molar-refractivity contribution in [3.05, 3.63) is 54.1 Å². The molecule has 0 atom stereocenters. The average molecular weight is 284 g/mol. The molecule has 108 valence electrons. The minimum absolute atomic E-state index is 0.389. The van der Waals surface area contributed by atoms with Crippen LogP contribution in [-0.4, -0.2) is 19.2 Å². The van der Waals surface area contributed by atoms with Crippen molar-refractivity contribution in [3.63, 3.8) is 0 Å². The number of rotatable bonds is 5. The Morgan fingerprint density at radius 3 is 2.62 bits per heavy atom. The summed E-state index contributed by atoms with van der Waals surface area (Å²) in [5, 5.41) is 6.14. The van der Waals surface area contributed by atoms with Gasteiger partial charge in [-0.3, -0.25) is 4.79 Å². The molecule has 0 aromatic heterocycles. The van der Waals surface area contributed by atoms with E-state index >= 15 is 0 Å². The lowest BCUT2D eigenvalue weighted by molar-refractivity contribution is -0.110. The van der Waals surface area contributed by atoms with E-state index in [0.717, 1.165) is 11.8 Å². The van der Waals surface area contributed by atoms with Crippen LogP contribution in [0, 0.1) is 6.92 Å². The minimum Gasteiger partial charge on any atom is -0.455 e. The van der Waals surface area contributed by atoms with E-state index in [9.17, 15) is 4.79 Å². The predicted octanol–water partition coefficient (Wildman–Crippen LogP) is 3.36. The highest BCUT2D eigenvalue weighted by molar-refractivity contribution is 6.31. The summed E-state index contributed by atoms with van der Waals surface area (Å²) in [5.74, 6) is 0.913. The van der Waals surface area contributed by atoms with Gasteiger partial charge in [0.05, 0.1) is 5.69 Å². The Balaban J connectivity index is 2.24. The lowest BCUT2D eigenvalue weighted by Crippen LogP contribution is -2.13. The summed E-state index contributed by atoms with van der Waals surface area (Å²) in [6.45, 7) is 1.91. The summed E-state index contributed by atoms with van der Waals surface area (Å²) in [4.78, 5) is 16.2. The molecule has 0 aliphatic carbocycles. The van der Waals surface area contributed by atoms with Crippen molar-refractivity contribution in [2.75, 3.05) is 12.4 Å². The summed E-state index contributed by atoms with van der Waals surface area (Å²) in [6.07, 6.45) is 1.06. The highest BCUT2D eigenvalue weighted by atomic mass is 16.6. The van der Waals surface area contributed by atoms with Gasteiger partial charge in [-0.15, -0.1) is 0 Å². The van der Waals surface area contributed by atoms with Crippen molar-refractivity contribution < 1.29 is 14.4 Å². The first-order valence-corrected chi connectivity index (χ1v) is 6.40. The highest BCUT2D eigenvalue weighted by Crippen LogP contribution is 2.32. The van der Waals surface area contributed by atoms with E-state index < -0.39 is 0 Å². The summed E-state index contributed by atoms with van der Waals surface area (Å²) < 4.78 is 5.86. The number of nitrogens with one attached hydrogen (secondary N) is 1. The lowest BCUT2D eigenvalue weighted by Gasteiger charge is -2.13. The molecule has 0 spiro atoms. The van der Waals surface area contributed by atoms with Crippen LogP contribution in [0.2, 0.25) is 0 Å². The topological polar surface area (TPSA) is 59.9 Å². The summed E-state index contributed by atoms with van der Waals surface area (Å²) >= 11 is 0. The van der Waals surface area contributed by atoms with Crippen LogP contribution in [0.3, 0.4) is 0 Å². The first-order valence-electron chi connectivity index (χ1n) is 6.40. The Morgan fingerprint density at radius 1 is 1.14 bits per heavy atom. The van der Waals surface area contributed by atoms with E-state index in [4.69, 9.17) is 4.74 Å². The SMILES string of the molecule is CO/N=C/C(=O)Nc1cccc(C)c1Oc1ccccc1. The maximum Gasteiger partial charge on any atom is 0.270 e. The zero-order valence-electron chi connectivity index (χ0n) is 11.9. The van der Waals surface area contributed by atoms with Gasteiger partial charge in [0.1, 0.15) is 19.1 Å². The molecule has 0 bridgehead atoms. The molecule has 0 aliphatic rings. The van der Waals surface area contributed by atoms with Crippen LogP contribution in [0.1, 0.15) is 5.56 Å². The molecule has 2 rings (SSSR count).